The molecule has 0 saturated carbocycles. The number of rotatable bonds is 9. The predicted molar refractivity (Wildman–Crippen MR) is 94.0 cm³/mol. The van der Waals surface area contributed by atoms with E-state index < -0.39 is 23.7 Å². The summed E-state index contributed by atoms with van der Waals surface area (Å²) in [5.74, 6) is -3.65. The fourth-order valence-corrected chi connectivity index (χ4v) is 1.81. The molecule has 4 N–H and O–H groups in total. The lowest BCUT2D eigenvalue weighted by Gasteiger charge is -2.10. The van der Waals surface area contributed by atoms with E-state index in [-0.39, 0.29) is 6.61 Å². The number of nitrogens with two attached hydrogens (primary N) is 1. The highest BCUT2D eigenvalue weighted by molar-refractivity contribution is 6.27. The van der Waals surface area contributed by atoms with Gasteiger partial charge in [-0.3, -0.25) is 0 Å². The normalized spacial score (nSPS) is 11.4. The summed E-state index contributed by atoms with van der Waals surface area (Å²) in [6.07, 6.45) is -2.10. The van der Waals surface area contributed by atoms with Crippen LogP contribution in [0.1, 0.15) is 30.4 Å². The highest BCUT2D eigenvalue weighted by Crippen LogP contribution is 2.29. The van der Waals surface area contributed by atoms with Gasteiger partial charge in [-0.15, -0.1) is 0 Å². The third kappa shape index (κ3) is 11.1. The fourth-order valence-electron chi connectivity index (χ4n) is 1.81. The maximum absolute atomic E-state index is 12.6. The summed E-state index contributed by atoms with van der Waals surface area (Å²) < 4.78 is 42.7. The topological polar surface area (TPSA) is 131 Å². The predicted octanol–water partition coefficient (Wildman–Crippen LogP) is 2.36. The number of halogens is 3. The number of unbranched alkanes of at least 4 members (excludes halogenated alkanes) is 1. The molecule has 0 radical (unpaired) electrons. The Balaban J connectivity index is 0.00000105. The van der Waals surface area contributed by atoms with Gasteiger partial charge in [0.1, 0.15) is 6.61 Å². The number of alkyl halides is 3. The first-order chi connectivity index (χ1) is 13.1. The van der Waals surface area contributed by atoms with Crippen LogP contribution in [-0.4, -0.2) is 54.7 Å². The Bertz CT molecular complexity index is 621. The Hall–Kier alpha value is -2.66. The minimum absolute atomic E-state index is 0.266. The highest BCUT2D eigenvalue weighted by atomic mass is 19.4. The van der Waals surface area contributed by atoms with E-state index in [9.17, 15) is 13.2 Å². The lowest BCUT2D eigenvalue weighted by Crippen LogP contribution is -2.09. The number of hydrogen-bond acceptors (Lipinski definition) is 6. The summed E-state index contributed by atoms with van der Waals surface area (Å²) in [6.45, 7) is 1.22. The van der Waals surface area contributed by atoms with Gasteiger partial charge in [-0.2, -0.15) is 13.2 Å². The van der Waals surface area contributed by atoms with Crippen molar-refractivity contribution in [3.8, 4) is 0 Å². The summed E-state index contributed by atoms with van der Waals surface area (Å²) in [5.41, 5.74) is 5.87. The Morgan fingerprint density at radius 1 is 1.07 bits per heavy atom. The van der Waals surface area contributed by atoms with Crippen molar-refractivity contribution in [2.45, 2.75) is 25.4 Å². The number of aliphatic carboxylic acids is 2. The number of oxime groups is 1. The van der Waals surface area contributed by atoms with Gasteiger partial charge >= 0.3 is 18.1 Å². The quantitative estimate of drug-likeness (QED) is 0.247. The Morgan fingerprint density at radius 3 is 2.07 bits per heavy atom. The second kappa shape index (κ2) is 13.5. The van der Waals surface area contributed by atoms with Crippen molar-refractivity contribution in [3.05, 3.63) is 35.4 Å². The van der Waals surface area contributed by atoms with Gasteiger partial charge in [0.05, 0.1) is 11.3 Å². The van der Waals surface area contributed by atoms with Crippen LogP contribution in [0.3, 0.4) is 0 Å². The Labute approximate surface area is 159 Å². The molecular weight excluding hydrogens is 385 g/mol. The Morgan fingerprint density at radius 2 is 1.64 bits per heavy atom. The van der Waals surface area contributed by atoms with Crippen molar-refractivity contribution in [3.63, 3.8) is 0 Å². The van der Waals surface area contributed by atoms with Gasteiger partial charge in [0.2, 0.25) is 0 Å². The van der Waals surface area contributed by atoms with Gasteiger partial charge in [0, 0.05) is 20.3 Å². The van der Waals surface area contributed by atoms with Crippen LogP contribution in [0.4, 0.5) is 13.2 Å². The van der Waals surface area contributed by atoms with Crippen molar-refractivity contribution >= 4 is 17.7 Å². The van der Waals surface area contributed by atoms with Crippen LogP contribution in [0.15, 0.2) is 29.4 Å². The number of hydrogen-bond donors (Lipinski definition) is 3. The van der Waals surface area contributed by atoms with Gasteiger partial charge in [-0.1, -0.05) is 17.3 Å². The van der Waals surface area contributed by atoms with Crippen molar-refractivity contribution in [1.82, 2.24) is 0 Å². The molecule has 1 aromatic rings. The van der Waals surface area contributed by atoms with E-state index in [1.54, 1.807) is 7.11 Å². The smallest absolute Gasteiger partial charge is 0.416 e. The average molecular weight is 408 g/mol. The second-order valence-electron chi connectivity index (χ2n) is 5.30. The first kappa shape index (κ1) is 25.3. The minimum atomic E-state index is -4.34. The Kier molecular flexibility index (Phi) is 12.2. The largest absolute Gasteiger partial charge is 0.473 e. The molecule has 0 aliphatic heterocycles. The van der Waals surface area contributed by atoms with E-state index in [1.165, 1.54) is 12.1 Å². The first-order valence-electron chi connectivity index (χ1n) is 8.15. The number of carbonyl (C=O) groups is 2. The number of carboxylic acids is 2. The molecule has 1 rings (SSSR count). The maximum Gasteiger partial charge on any atom is 0.416 e. The molecular formula is C17H23F3N2O6. The molecule has 28 heavy (non-hydrogen) atoms. The number of ether oxygens (including phenoxy) is 1. The van der Waals surface area contributed by atoms with Gasteiger partial charge in [-0.25, -0.2) is 9.59 Å². The molecule has 0 aromatic heterocycles. The number of nitrogens with zero attached hydrogens (tertiary/aromatic N) is 1. The van der Waals surface area contributed by atoms with Crippen molar-refractivity contribution in [2.24, 2.45) is 10.9 Å². The molecule has 1 aromatic carbocycles. The molecule has 0 unspecified atom stereocenters. The molecule has 0 saturated heterocycles. The van der Waals surface area contributed by atoms with Crippen molar-refractivity contribution in [2.75, 3.05) is 26.9 Å². The molecule has 0 spiro atoms. The zero-order valence-electron chi connectivity index (χ0n) is 15.2. The summed E-state index contributed by atoms with van der Waals surface area (Å²) in [5, 5.41) is 18.8. The van der Waals surface area contributed by atoms with E-state index in [4.69, 9.17) is 35.1 Å². The summed E-state index contributed by atoms with van der Waals surface area (Å²) >= 11 is 0. The number of carboxylic acid groups (broad SMARTS) is 2. The average Bonchev–Trinajstić information content (AvgIpc) is 2.63. The molecule has 0 bridgehead atoms. The monoisotopic (exact) mass is 408 g/mol. The van der Waals surface area contributed by atoms with Gasteiger partial charge in [0.15, 0.2) is 0 Å². The van der Waals surface area contributed by atoms with Crippen LogP contribution in [0.25, 0.3) is 0 Å². The lowest BCUT2D eigenvalue weighted by atomic mass is 10.0. The third-order valence-electron chi connectivity index (χ3n) is 3.12. The van der Waals surface area contributed by atoms with Gasteiger partial charge < -0.3 is 25.5 Å². The molecule has 0 atom stereocenters. The van der Waals surface area contributed by atoms with Crippen molar-refractivity contribution < 1.29 is 42.5 Å². The van der Waals surface area contributed by atoms with E-state index in [0.717, 1.165) is 25.0 Å². The summed E-state index contributed by atoms with van der Waals surface area (Å²) in [6, 6.07) is 4.90. The zero-order valence-corrected chi connectivity index (χ0v) is 15.2. The molecule has 8 nitrogen and oxygen atoms in total. The van der Waals surface area contributed by atoms with E-state index in [2.05, 4.69) is 5.16 Å². The first-order valence-corrected chi connectivity index (χ1v) is 8.15. The van der Waals surface area contributed by atoms with Crippen molar-refractivity contribution in [1.29, 1.82) is 0 Å². The number of benzene rings is 1. The SMILES string of the molecule is COCCCC/C(=N/OCCN)c1ccc(C(F)(F)F)cc1.O=C(O)C(=O)O. The summed E-state index contributed by atoms with van der Waals surface area (Å²) in [4.78, 5) is 23.3. The van der Waals surface area contributed by atoms with Crippen LogP contribution in [0, 0.1) is 0 Å². The molecule has 0 aliphatic carbocycles. The maximum atomic E-state index is 12.6. The van der Waals surface area contributed by atoms with Crippen LogP contribution < -0.4 is 5.73 Å². The zero-order chi connectivity index (χ0) is 21.6. The van der Waals surface area contributed by atoms with Gasteiger partial charge in [-0.05, 0) is 37.0 Å². The molecule has 158 valence electrons. The van der Waals surface area contributed by atoms with E-state index in [0.29, 0.717) is 30.8 Å². The van der Waals surface area contributed by atoms with Crippen LogP contribution in [0.2, 0.25) is 0 Å². The second-order valence-corrected chi connectivity index (χ2v) is 5.30. The molecule has 11 heteroatoms. The lowest BCUT2D eigenvalue weighted by molar-refractivity contribution is -0.159. The third-order valence-corrected chi connectivity index (χ3v) is 3.12. The van der Waals surface area contributed by atoms with Crippen LogP contribution in [0.5, 0.6) is 0 Å². The van der Waals surface area contributed by atoms with Crippen LogP contribution in [-0.2, 0) is 25.3 Å². The van der Waals surface area contributed by atoms with Gasteiger partial charge in [0.25, 0.3) is 0 Å². The molecule has 0 amide bonds. The molecule has 0 heterocycles. The number of methoxy groups -OCH3 is 1. The van der Waals surface area contributed by atoms with E-state index >= 15 is 0 Å². The highest BCUT2D eigenvalue weighted by Gasteiger charge is 2.30. The standard InChI is InChI=1S/C15H21F3N2O2.C2H2O4/c1-21-10-3-2-4-14(20-22-11-9-19)12-5-7-13(8-6-12)15(16,17)18;3-1(4)2(5)6/h5-8H,2-4,9-11,19H2,1H3;(H,3,4)(H,5,6)/b20-14-;. The molecule has 0 aliphatic rings. The minimum Gasteiger partial charge on any atom is -0.473 e. The van der Waals surface area contributed by atoms with Crippen LogP contribution >= 0.6 is 0 Å². The molecule has 0 fully saturated rings. The fraction of sp³-hybridized carbons (Fsp3) is 0.471. The van der Waals surface area contributed by atoms with E-state index in [1.807, 2.05) is 0 Å². The summed E-state index contributed by atoms with van der Waals surface area (Å²) in [7, 11) is 1.62.